The van der Waals surface area contributed by atoms with E-state index in [4.69, 9.17) is 35.4 Å². The molecule has 8 aromatic rings. The van der Waals surface area contributed by atoms with Crippen LogP contribution in [0.25, 0.3) is 54.7 Å². The van der Waals surface area contributed by atoms with Gasteiger partial charge < -0.3 is 78.7 Å². The summed E-state index contributed by atoms with van der Waals surface area (Å²) in [7, 11) is 1.42. The number of benzene rings is 6. The van der Waals surface area contributed by atoms with E-state index in [9.17, 15) is 28.5 Å². The molecule has 2 aromatic heterocycles. The van der Waals surface area contributed by atoms with Gasteiger partial charge in [-0.2, -0.15) is 4.57 Å². The highest BCUT2D eigenvalue weighted by Crippen LogP contribution is 2.41. The lowest BCUT2D eigenvalue weighted by molar-refractivity contribution is -0.655. The lowest BCUT2D eigenvalue weighted by atomic mass is 9.80. The van der Waals surface area contributed by atoms with Gasteiger partial charge in [0.2, 0.25) is 27.5 Å². The number of nitrogens with zero attached hydrogens (tertiary/aromatic N) is 2. The molecule has 3 aliphatic rings. The summed E-state index contributed by atoms with van der Waals surface area (Å²) in [5.41, 5.74) is 21.1. The molecule has 9 atom stereocenters. The number of rotatable bonds is 9. The number of para-hydroxylation sites is 2. The molecule has 6 aromatic carbocycles. The van der Waals surface area contributed by atoms with Crippen molar-refractivity contribution in [1.29, 1.82) is 0 Å². The maximum Gasteiger partial charge on any atom is 0.280 e. The van der Waals surface area contributed by atoms with E-state index < -0.39 is 70.5 Å². The Labute approximate surface area is 451 Å². The van der Waals surface area contributed by atoms with Crippen LogP contribution in [0, 0.1) is 0 Å². The molecule has 2 saturated heterocycles. The Balaban J connectivity index is 0.000000151. The van der Waals surface area contributed by atoms with Gasteiger partial charge in [0.1, 0.15) is 30.6 Å². The first-order valence-electron chi connectivity index (χ1n) is 24.6. The van der Waals surface area contributed by atoms with E-state index in [1.165, 1.54) is 27.4 Å². The molecule has 0 spiro atoms. The van der Waals surface area contributed by atoms with Crippen LogP contribution in [0.2, 0.25) is 0 Å². The number of fused-ring (bicyclic) bond motifs is 7. The molecule has 0 unspecified atom stereocenters. The van der Waals surface area contributed by atoms with Gasteiger partial charge >= 0.3 is 0 Å². The van der Waals surface area contributed by atoms with Gasteiger partial charge in [0.15, 0.2) is 5.78 Å². The fourth-order valence-corrected chi connectivity index (χ4v) is 10.9. The number of methoxy groups -OCH3 is 1. The number of carbonyl (C=O) groups excluding carboxylic acids is 1. The molecule has 2 aliphatic heterocycles. The Morgan fingerprint density at radius 1 is 0.763 bits per heavy atom. The number of sulfonamides is 1. The van der Waals surface area contributed by atoms with Crippen LogP contribution in [0.15, 0.2) is 133 Å². The van der Waals surface area contributed by atoms with Crippen LogP contribution in [0.3, 0.4) is 0 Å². The van der Waals surface area contributed by atoms with E-state index in [2.05, 4.69) is 80.7 Å². The number of Topliss-reactive ketones (excluding diaryl/α,β-unsaturated/α-hetero) is 1. The van der Waals surface area contributed by atoms with Gasteiger partial charge in [-0.15, -0.1) is 0 Å². The van der Waals surface area contributed by atoms with Crippen LogP contribution >= 0.6 is 0 Å². The Kier molecular flexibility index (Phi) is 16.8. The van der Waals surface area contributed by atoms with Gasteiger partial charge in [0.25, 0.3) is 5.79 Å². The summed E-state index contributed by atoms with van der Waals surface area (Å²) < 4.78 is 50.1. The number of nitrogens with two attached hydrogens (primary N) is 2. The molecule has 400 valence electrons. The van der Waals surface area contributed by atoms with Crippen molar-refractivity contribution in [1.82, 2.24) is 15.6 Å². The summed E-state index contributed by atoms with van der Waals surface area (Å²) in [5, 5.41) is 46.2. The van der Waals surface area contributed by atoms with Crippen molar-refractivity contribution in [3.8, 4) is 17.0 Å². The average Bonchev–Trinajstić information content (AvgIpc) is 3.43. The Bertz CT molecular complexity index is 3470. The van der Waals surface area contributed by atoms with E-state index in [-0.39, 0.29) is 23.4 Å². The number of aliphatic hydroxyl groups excluding tert-OH is 2. The minimum absolute atomic E-state index is 0. The number of ketones is 1. The van der Waals surface area contributed by atoms with Crippen molar-refractivity contribution in [3.05, 3.63) is 133 Å². The van der Waals surface area contributed by atoms with E-state index in [0.717, 1.165) is 62.9 Å². The van der Waals surface area contributed by atoms with Crippen LogP contribution in [0.5, 0.6) is 5.75 Å². The summed E-state index contributed by atoms with van der Waals surface area (Å²) in [4.78, 5) is 17.0. The van der Waals surface area contributed by atoms with Gasteiger partial charge in [0, 0.05) is 51.7 Å². The topological polar surface area (TPSA) is 266 Å². The molecular formula is C56H63BrN8O10S. The molecular weight excluding hydrogens is 1060 g/mol. The number of aliphatic hydroxyl groups is 3. The third-order valence-electron chi connectivity index (χ3n) is 13.8. The largest absolute Gasteiger partial charge is 1.00 e. The van der Waals surface area contributed by atoms with Crippen LogP contribution in [-0.2, 0) is 35.6 Å². The molecule has 4 heterocycles. The lowest BCUT2D eigenvalue weighted by Crippen LogP contribution is -3.00. The molecule has 76 heavy (non-hydrogen) atoms. The quantitative estimate of drug-likeness (QED) is 0.0436. The standard InChI is InChI=1S/C21H19N3O3S.C21H19N3.C14H24N2O7.BrH/c1-27-20-13-14(24-28(2,25)26)11-12-19(20)23-21-15-7-3-5-9-17(15)22-18-10-6-4-8-16(18)21;1-2-24-20-13-16(23)9-11-18(20)17-10-8-15(22)12-19(17)21(24)14-6-4-3-5-7-14;1-5-4-6(17)14(20)13(21-5)22-12-10(19)7(15-2)9(18)8(16-3)11(12)23-14;/h3-13,24H,1-2H3,(H,22,23);3-13,23H,2,22H2,1H3;5,7-13,15-16,18-20H,4H2,1-3H3;1H/t;;5-,7-,8+,9+,10+,11-,12-,13+,14+;/m..1./s1. The van der Waals surface area contributed by atoms with Crippen molar-refractivity contribution in [2.75, 3.05) is 49.0 Å². The van der Waals surface area contributed by atoms with E-state index >= 15 is 0 Å². The SMILES string of the molecule is CC[n+]1c(-c2ccccc2)c2cc(N)ccc2c2ccc(N)cc21.CN[C@@H]1[C@H](O)[C@H](NC)[C@H]2O[C@@]3(O)C(=O)C[C@@H](C)O[C@H]3O[C@@H]2[C@H]1O.COc1cc(NS(C)(=O)=O)ccc1Nc1c2ccccc2nc2ccccc12.[Br-]. The highest BCUT2D eigenvalue weighted by atomic mass is 79.9. The minimum Gasteiger partial charge on any atom is -1.00 e. The van der Waals surface area contributed by atoms with E-state index in [1.54, 1.807) is 46.3 Å². The van der Waals surface area contributed by atoms with Gasteiger partial charge in [-0.05, 0) is 88.6 Å². The van der Waals surface area contributed by atoms with Crippen molar-refractivity contribution in [2.45, 2.75) is 81.5 Å². The maximum absolute atomic E-state index is 12.2. The number of anilines is 5. The first-order chi connectivity index (χ1) is 36.0. The number of ether oxygens (including phenoxy) is 4. The summed E-state index contributed by atoms with van der Waals surface area (Å²) in [6.07, 6.45) is -4.47. The molecule has 0 bridgehead atoms. The average molecular weight is 1120 g/mol. The van der Waals surface area contributed by atoms with Crippen LogP contribution in [-0.4, -0.2) is 117 Å². The zero-order valence-electron chi connectivity index (χ0n) is 42.8. The Morgan fingerprint density at radius 2 is 1.38 bits per heavy atom. The normalized spacial score (nSPS) is 24.0. The predicted molar refractivity (Wildman–Crippen MR) is 292 cm³/mol. The second-order valence-corrected chi connectivity index (χ2v) is 20.6. The maximum atomic E-state index is 12.2. The Hall–Kier alpha value is -6.56. The molecule has 11 rings (SSSR count). The van der Waals surface area contributed by atoms with Gasteiger partial charge in [0.05, 0.1) is 76.5 Å². The molecule has 0 radical (unpaired) electrons. The lowest BCUT2D eigenvalue weighted by Gasteiger charge is -2.55. The number of likely N-dealkylation sites (N-methyl/N-ethyl adjacent to an activating group) is 2. The summed E-state index contributed by atoms with van der Waals surface area (Å²) >= 11 is 0. The number of aromatic nitrogens is 2. The smallest absolute Gasteiger partial charge is 0.280 e. The zero-order chi connectivity index (χ0) is 53.3. The van der Waals surface area contributed by atoms with Crippen molar-refractivity contribution < 1.29 is 69.0 Å². The number of hydrogen-bond donors (Lipinski definition) is 9. The second-order valence-electron chi connectivity index (χ2n) is 18.9. The van der Waals surface area contributed by atoms with Crippen molar-refractivity contribution in [2.24, 2.45) is 0 Å². The number of nitrogen functional groups attached to an aromatic ring is 2. The van der Waals surface area contributed by atoms with Gasteiger partial charge in [-0.25, -0.2) is 13.4 Å². The fraction of sp³-hybridized carbons (Fsp3) is 0.304. The number of carbonyl (C=O) groups is 1. The van der Waals surface area contributed by atoms with Crippen molar-refractivity contribution in [3.63, 3.8) is 0 Å². The molecule has 3 fully saturated rings. The Morgan fingerprint density at radius 3 is 2.00 bits per heavy atom. The predicted octanol–water partition coefficient (Wildman–Crippen LogP) is 2.72. The molecule has 11 N–H and O–H groups in total. The highest BCUT2D eigenvalue weighted by Gasteiger charge is 2.63. The van der Waals surface area contributed by atoms with Gasteiger partial charge in [-0.1, -0.05) is 60.7 Å². The van der Waals surface area contributed by atoms with E-state index in [0.29, 0.717) is 11.4 Å². The van der Waals surface area contributed by atoms with Crippen LogP contribution in [0.4, 0.5) is 28.4 Å². The van der Waals surface area contributed by atoms with Crippen LogP contribution < -0.4 is 58.4 Å². The highest BCUT2D eigenvalue weighted by molar-refractivity contribution is 7.92. The number of hydrogen-bond acceptors (Lipinski definition) is 16. The first kappa shape index (κ1) is 55.7. The molecule has 1 aliphatic carbocycles. The third kappa shape index (κ3) is 11.0. The van der Waals surface area contributed by atoms with Gasteiger partial charge in [-0.3, -0.25) is 9.52 Å². The van der Waals surface area contributed by atoms with E-state index in [1.807, 2.05) is 66.7 Å². The number of halogens is 1. The molecule has 18 nitrogen and oxygen atoms in total. The summed E-state index contributed by atoms with van der Waals surface area (Å²) in [5.74, 6) is -2.23. The molecule has 20 heteroatoms. The molecule has 0 amide bonds. The number of aryl methyl sites for hydroxylation is 1. The zero-order valence-corrected chi connectivity index (χ0v) is 45.2. The monoisotopic (exact) mass is 1120 g/mol. The number of pyridine rings is 2. The van der Waals surface area contributed by atoms with Crippen LogP contribution in [0.1, 0.15) is 20.3 Å². The van der Waals surface area contributed by atoms with Crippen molar-refractivity contribution >= 4 is 87.7 Å². The minimum atomic E-state index is -3.37. The summed E-state index contributed by atoms with van der Waals surface area (Å²) in [6, 6.07) is 42.4. The third-order valence-corrected chi connectivity index (χ3v) is 14.4. The first-order valence-corrected chi connectivity index (χ1v) is 26.5. The second kappa shape index (κ2) is 23.0. The fourth-order valence-electron chi connectivity index (χ4n) is 10.4. The molecule has 1 saturated carbocycles. The summed E-state index contributed by atoms with van der Waals surface area (Å²) in [6.45, 7) is 4.71. The number of nitrogens with one attached hydrogen (secondary N) is 4.